The van der Waals surface area contributed by atoms with Crippen molar-refractivity contribution in [3.8, 4) is 11.3 Å². The fourth-order valence-electron chi connectivity index (χ4n) is 2.13. The van der Waals surface area contributed by atoms with Gasteiger partial charge in [0.25, 0.3) is 0 Å². The van der Waals surface area contributed by atoms with Crippen molar-refractivity contribution in [3.63, 3.8) is 0 Å². The molecule has 0 fully saturated rings. The minimum absolute atomic E-state index is 0.514. The number of pyridine rings is 2. The summed E-state index contributed by atoms with van der Waals surface area (Å²) in [5.41, 5.74) is 2.50. The van der Waals surface area contributed by atoms with Gasteiger partial charge in [-0.25, -0.2) is 9.97 Å². The summed E-state index contributed by atoms with van der Waals surface area (Å²) < 4.78 is 16.2. The molecule has 3 nitrogen and oxygen atoms in total. The van der Waals surface area contributed by atoms with Gasteiger partial charge in [-0.2, -0.15) is 4.39 Å². The Hall–Kier alpha value is -2.37. The zero-order valence-corrected chi connectivity index (χ0v) is 14.1. The Bertz CT molecular complexity index is 886. The standard InChI is InChI=1S/C18H13ClFN3S/c1-2-12-6-3-4-7-13(12)18-14(19)10-11-16(22-18)23-24-17-9-5-8-15(20)21-17/h2-11H,1H2,(H,22,23). The maximum atomic E-state index is 13.1. The molecule has 0 aliphatic heterocycles. The van der Waals surface area contributed by atoms with Crippen LogP contribution in [0.5, 0.6) is 0 Å². The molecule has 120 valence electrons. The van der Waals surface area contributed by atoms with Crippen LogP contribution in [0.1, 0.15) is 5.56 Å². The second-order valence-corrected chi connectivity index (χ2v) is 6.05. The number of aromatic nitrogens is 2. The molecule has 1 N–H and O–H groups in total. The van der Waals surface area contributed by atoms with Crippen molar-refractivity contribution in [3.05, 3.63) is 77.7 Å². The zero-order chi connectivity index (χ0) is 16.9. The zero-order valence-electron chi connectivity index (χ0n) is 12.5. The number of nitrogens with one attached hydrogen (secondary N) is 1. The molecule has 6 heteroatoms. The number of hydrogen-bond acceptors (Lipinski definition) is 4. The van der Waals surface area contributed by atoms with E-state index in [1.807, 2.05) is 24.3 Å². The highest BCUT2D eigenvalue weighted by Crippen LogP contribution is 2.31. The Labute approximate surface area is 148 Å². The lowest BCUT2D eigenvalue weighted by molar-refractivity contribution is 0.572. The predicted octanol–water partition coefficient (Wildman–Crippen LogP) is 5.70. The first-order chi connectivity index (χ1) is 11.7. The summed E-state index contributed by atoms with van der Waals surface area (Å²) in [5, 5.41) is 1.06. The van der Waals surface area contributed by atoms with Crippen LogP contribution in [0.3, 0.4) is 0 Å². The van der Waals surface area contributed by atoms with Crippen LogP contribution in [0, 0.1) is 5.95 Å². The van der Waals surface area contributed by atoms with Gasteiger partial charge < -0.3 is 4.72 Å². The maximum Gasteiger partial charge on any atom is 0.213 e. The third-order valence-electron chi connectivity index (χ3n) is 3.23. The monoisotopic (exact) mass is 357 g/mol. The minimum atomic E-state index is -0.522. The lowest BCUT2D eigenvalue weighted by Crippen LogP contribution is -1.96. The van der Waals surface area contributed by atoms with Gasteiger partial charge in [-0.1, -0.05) is 54.6 Å². The molecule has 0 aliphatic rings. The lowest BCUT2D eigenvalue weighted by atomic mass is 10.0. The summed E-state index contributed by atoms with van der Waals surface area (Å²) in [6.45, 7) is 3.82. The highest BCUT2D eigenvalue weighted by atomic mass is 35.5. The van der Waals surface area contributed by atoms with Crippen molar-refractivity contribution in [2.24, 2.45) is 0 Å². The second kappa shape index (κ2) is 7.47. The summed E-state index contributed by atoms with van der Waals surface area (Å²) in [6, 6.07) is 15.9. The van der Waals surface area contributed by atoms with Gasteiger partial charge in [0.1, 0.15) is 10.8 Å². The number of nitrogens with zero attached hydrogens (tertiary/aromatic N) is 2. The summed E-state index contributed by atoms with van der Waals surface area (Å²) in [6.07, 6.45) is 1.76. The number of halogens is 2. The molecule has 0 bridgehead atoms. The van der Waals surface area contributed by atoms with E-state index in [2.05, 4.69) is 21.3 Å². The smallest absolute Gasteiger partial charge is 0.213 e. The average Bonchev–Trinajstić information content (AvgIpc) is 2.61. The summed E-state index contributed by atoms with van der Waals surface area (Å²) in [5.74, 6) is 0.0794. The summed E-state index contributed by atoms with van der Waals surface area (Å²) in [4.78, 5) is 8.34. The fraction of sp³-hybridized carbons (Fsp3) is 0. The minimum Gasteiger partial charge on any atom is -0.309 e. The van der Waals surface area contributed by atoms with Crippen LogP contribution < -0.4 is 4.72 Å². The van der Waals surface area contributed by atoms with E-state index >= 15 is 0 Å². The second-order valence-electron chi connectivity index (χ2n) is 4.82. The Kier molecular flexibility index (Phi) is 5.13. The van der Waals surface area contributed by atoms with Gasteiger partial charge in [-0.3, -0.25) is 0 Å². The fourth-order valence-corrected chi connectivity index (χ4v) is 2.94. The summed E-state index contributed by atoms with van der Waals surface area (Å²) >= 11 is 7.48. The van der Waals surface area contributed by atoms with Gasteiger partial charge in [0.15, 0.2) is 0 Å². The first-order valence-electron chi connectivity index (χ1n) is 7.11. The van der Waals surface area contributed by atoms with Crippen LogP contribution in [-0.4, -0.2) is 9.97 Å². The average molecular weight is 358 g/mol. The first kappa shape index (κ1) is 16.5. The van der Waals surface area contributed by atoms with Crippen molar-refractivity contribution in [1.29, 1.82) is 0 Å². The molecule has 0 amide bonds. The van der Waals surface area contributed by atoms with Gasteiger partial charge in [0, 0.05) is 17.5 Å². The molecule has 0 spiro atoms. The Morgan fingerprint density at radius 1 is 1.04 bits per heavy atom. The van der Waals surface area contributed by atoms with Crippen LogP contribution in [0.25, 0.3) is 17.3 Å². The molecule has 0 atom stereocenters. The molecule has 1 aromatic carbocycles. The quantitative estimate of drug-likeness (QED) is 0.469. The molecule has 0 saturated heterocycles. The number of rotatable bonds is 5. The highest BCUT2D eigenvalue weighted by Gasteiger charge is 2.10. The van der Waals surface area contributed by atoms with Gasteiger partial charge in [0.2, 0.25) is 5.95 Å². The number of anilines is 1. The topological polar surface area (TPSA) is 37.8 Å². The largest absolute Gasteiger partial charge is 0.309 e. The van der Waals surface area contributed by atoms with Gasteiger partial charge in [-0.15, -0.1) is 0 Å². The third-order valence-corrected chi connectivity index (χ3v) is 4.28. The van der Waals surface area contributed by atoms with Crippen LogP contribution in [0.15, 0.2) is 66.2 Å². The van der Waals surface area contributed by atoms with E-state index < -0.39 is 5.95 Å². The normalized spacial score (nSPS) is 10.4. The third kappa shape index (κ3) is 3.75. The Balaban J connectivity index is 1.87. The predicted molar refractivity (Wildman–Crippen MR) is 98.4 cm³/mol. The molecule has 24 heavy (non-hydrogen) atoms. The van der Waals surface area contributed by atoms with Crippen molar-refractivity contribution < 1.29 is 4.39 Å². The molecule has 0 saturated carbocycles. The summed E-state index contributed by atoms with van der Waals surface area (Å²) in [7, 11) is 0. The molecule has 0 radical (unpaired) electrons. The molecule has 3 rings (SSSR count). The molecule has 3 aromatic rings. The van der Waals surface area contributed by atoms with E-state index in [-0.39, 0.29) is 0 Å². The van der Waals surface area contributed by atoms with E-state index in [4.69, 9.17) is 11.6 Å². The van der Waals surface area contributed by atoms with Crippen molar-refractivity contribution in [1.82, 2.24) is 9.97 Å². The molecule has 0 aliphatic carbocycles. The molecular weight excluding hydrogens is 345 g/mol. The van der Waals surface area contributed by atoms with Gasteiger partial charge in [0.05, 0.1) is 10.7 Å². The number of benzene rings is 1. The van der Waals surface area contributed by atoms with Crippen molar-refractivity contribution in [2.45, 2.75) is 5.03 Å². The van der Waals surface area contributed by atoms with E-state index in [0.717, 1.165) is 11.1 Å². The number of hydrogen-bond donors (Lipinski definition) is 1. The molecule has 2 aromatic heterocycles. The van der Waals surface area contributed by atoms with Crippen molar-refractivity contribution in [2.75, 3.05) is 4.72 Å². The Morgan fingerprint density at radius 2 is 1.88 bits per heavy atom. The van der Waals surface area contributed by atoms with E-state index in [1.165, 1.54) is 18.0 Å². The highest BCUT2D eigenvalue weighted by molar-refractivity contribution is 8.00. The molecule has 0 unspecified atom stereocenters. The van der Waals surface area contributed by atoms with Crippen molar-refractivity contribution >= 4 is 35.4 Å². The SMILES string of the molecule is C=Cc1ccccc1-c1nc(NSc2cccc(F)n2)ccc1Cl. The first-order valence-corrected chi connectivity index (χ1v) is 8.30. The Morgan fingerprint density at radius 3 is 2.67 bits per heavy atom. The lowest BCUT2D eigenvalue weighted by Gasteiger charge is -2.10. The molecule has 2 heterocycles. The van der Waals surface area contributed by atoms with E-state index in [9.17, 15) is 4.39 Å². The van der Waals surface area contributed by atoms with E-state index in [0.29, 0.717) is 21.6 Å². The van der Waals surface area contributed by atoms with Gasteiger partial charge in [-0.05, 0) is 29.8 Å². The van der Waals surface area contributed by atoms with Crippen LogP contribution in [0.2, 0.25) is 5.02 Å². The van der Waals surface area contributed by atoms with Gasteiger partial charge >= 0.3 is 0 Å². The van der Waals surface area contributed by atoms with Crippen LogP contribution in [0.4, 0.5) is 10.2 Å². The maximum absolute atomic E-state index is 13.1. The molecular formula is C18H13ClFN3S. The van der Waals surface area contributed by atoms with Crippen LogP contribution in [-0.2, 0) is 0 Å². The van der Waals surface area contributed by atoms with E-state index in [1.54, 1.807) is 30.3 Å². The van der Waals surface area contributed by atoms with Crippen LogP contribution >= 0.6 is 23.5 Å².